The van der Waals surface area contributed by atoms with Gasteiger partial charge in [-0.05, 0) is 40.5 Å². The van der Waals surface area contributed by atoms with Crippen LogP contribution in [0.15, 0.2) is 16.6 Å². The fourth-order valence-corrected chi connectivity index (χ4v) is 1.51. The maximum Gasteiger partial charge on any atom is 0.188 e. The summed E-state index contributed by atoms with van der Waals surface area (Å²) in [6, 6.07) is 3.63. The smallest absolute Gasteiger partial charge is 0.188 e. The van der Waals surface area contributed by atoms with E-state index < -0.39 is 0 Å². The summed E-state index contributed by atoms with van der Waals surface area (Å²) in [6.45, 7) is 2.07. The van der Waals surface area contributed by atoms with E-state index >= 15 is 0 Å². The second kappa shape index (κ2) is 5.12. The Morgan fingerprint density at radius 3 is 2.79 bits per heavy atom. The molecule has 0 saturated carbocycles. The zero-order valence-electron chi connectivity index (χ0n) is 8.04. The maximum absolute atomic E-state index is 10.7. The quantitative estimate of drug-likeness (QED) is 0.615. The van der Waals surface area contributed by atoms with Crippen molar-refractivity contribution in [2.24, 2.45) is 0 Å². The largest absolute Gasteiger partial charge is 0.466 e. The molecule has 0 bridgehead atoms. The SMILES string of the molecule is COCOc1cc(C)cc(C=O)c1Br. The number of aldehydes is 1. The molecule has 3 nitrogen and oxygen atoms in total. The summed E-state index contributed by atoms with van der Waals surface area (Å²) in [7, 11) is 1.55. The Labute approximate surface area is 91.1 Å². The first-order valence-electron chi connectivity index (χ1n) is 4.06. The van der Waals surface area contributed by atoms with Gasteiger partial charge in [-0.3, -0.25) is 4.79 Å². The Morgan fingerprint density at radius 1 is 1.50 bits per heavy atom. The van der Waals surface area contributed by atoms with Gasteiger partial charge in [-0.1, -0.05) is 0 Å². The summed E-state index contributed by atoms with van der Waals surface area (Å²) in [6.07, 6.45) is 0.788. The minimum absolute atomic E-state index is 0.167. The Kier molecular flexibility index (Phi) is 4.10. The van der Waals surface area contributed by atoms with Crippen molar-refractivity contribution in [3.8, 4) is 5.75 Å². The van der Waals surface area contributed by atoms with Crippen molar-refractivity contribution in [1.82, 2.24) is 0 Å². The van der Waals surface area contributed by atoms with Crippen LogP contribution < -0.4 is 4.74 Å². The third-order valence-electron chi connectivity index (χ3n) is 1.67. The molecule has 0 amide bonds. The molecule has 0 aliphatic heterocycles. The highest BCUT2D eigenvalue weighted by atomic mass is 79.9. The minimum atomic E-state index is 0.167. The number of carbonyl (C=O) groups is 1. The van der Waals surface area contributed by atoms with Gasteiger partial charge in [0, 0.05) is 12.7 Å². The van der Waals surface area contributed by atoms with Crippen LogP contribution in [0.25, 0.3) is 0 Å². The lowest BCUT2D eigenvalue weighted by Gasteiger charge is -2.09. The lowest BCUT2D eigenvalue weighted by atomic mass is 10.1. The van der Waals surface area contributed by atoms with E-state index in [9.17, 15) is 4.79 Å². The number of hydrogen-bond donors (Lipinski definition) is 0. The topological polar surface area (TPSA) is 35.5 Å². The first kappa shape index (κ1) is 11.2. The van der Waals surface area contributed by atoms with Crippen LogP contribution in [0, 0.1) is 6.92 Å². The van der Waals surface area contributed by atoms with E-state index in [1.807, 2.05) is 13.0 Å². The Morgan fingerprint density at radius 2 is 2.21 bits per heavy atom. The van der Waals surface area contributed by atoms with Crippen LogP contribution in [0.2, 0.25) is 0 Å². The van der Waals surface area contributed by atoms with Crippen LogP contribution in [-0.4, -0.2) is 20.2 Å². The zero-order chi connectivity index (χ0) is 10.6. The molecule has 0 unspecified atom stereocenters. The molecule has 0 spiro atoms. The molecule has 0 radical (unpaired) electrons. The van der Waals surface area contributed by atoms with Crippen molar-refractivity contribution in [2.75, 3.05) is 13.9 Å². The van der Waals surface area contributed by atoms with Gasteiger partial charge in [0.25, 0.3) is 0 Å². The van der Waals surface area contributed by atoms with E-state index in [-0.39, 0.29) is 6.79 Å². The van der Waals surface area contributed by atoms with Crippen LogP contribution in [0.5, 0.6) is 5.75 Å². The first-order chi connectivity index (χ1) is 6.69. The van der Waals surface area contributed by atoms with Crippen molar-refractivity contribution < 1.29 is 14.3 Å². The highest BCUT2D eigenvalue weighted by Gasteiger charge is 2.07. The van der Waals surface area contributed by atoms with Gasteiger partial charge in [0.2, 0.25) is 0 Å². The lowest BCUT2D eigenvalue weighted by Crippen LogP contribution is -2.01. The number of benzene rings is 1. The van der Waals surface area contributed by atoms with Crippen LogP contribution in [0.4, 0.5) is 0 Å². The predicted octanol–water partition coefficient (Wildman–Crippen LogP) is 2.55. The minimum Gasteiger partial charge on any atom is -0.466 e. The van der Waals surface area contributed by atoms with Gasteiger partial charge < -0.3 is 9.47 Å². The van der Waals surface area contributed by atoms with Gasteiger partial charge in [0.1, 0.15) is 5.75 Å². The van der Waals surface area contributed by atoms with Crippen molar-refractivity contribution >= 4 is 22.2 Å². The molecule has 0 N–H and O–H groups in total. The molecule has 1 aromatic rings. The monoisotopic (exact) mass is 258 g/mol. The van der Waals surface area contributed by atoms with Crippen LogP contribution >= 0.6 is 15.9 Å². The van der Waals surface area contributed by atoms with Gasteiger partial charge in [-0.15, -0.1) is 0 Å². The van der Waals surface area contributed by atoms with E-state index in [0.29, 0.717) is 15.8 Å². The fourth-order valence-electron chi connectivity index (χ4n) is 1.08. The average molecular weight is 259 g/mol. The van der Waals surface area contributed by atoms with E-state index in [2.05, 4.69) is 15.9 Å². The van der Waals surface area contributed by atoms with E-state index in [4.69, 9.17) is 9.47 Å². The van der Waals surface area contributed by atoms with Gasteiger partial charge in [0.15, 0.2) is 13.1 Å². The first-order valence-corrected chi connectivity index (χ1v) is 4.85. The summed E-state index contributed by atoms with van der Waals surface area (Å²) in [5.41, 5.74) is 1.55. The molecular formula is C10H11BrO3. The third kappa shape index (κ3) is 2.56. The van der Waals surface area contributed by atoms with Crippen LogP contribution in [0.3, 0.4) is 0 Å². The summed E-state index contributed by atoms with van der Waals surface area (Å²) in [5.74, 6) is 0.619. The second-order valence-electron chi connectivity index (χ2n) is 2.83. The standard InChI is InChI=1S/C10H11BrO3/c1-7-3-8(5-12)10(11)9(4-7)14-6-13-2/h3-5H,6H2,1-2H3. The number of halogens is 1. The van der Waals surface area contributed by atoms with E-state index in [0.717, 1.165) is 11.8 Å². The molecule has 4 heteroatoms. The average Bonchev–Trinajstić information content (AvgIpc) is 2.18. The Hall–Kier alpha value is -0.870. The lowest BCUT2D eigenvalue weighted by molar-refractivity contribution is 0.0504. The van der Waals surface area contributed by atoms with Crippen molar-refractivity contribution in [1.29, 1.82) is 0 Å². The molecule has 0 atom stereocenters. The number of ether oxygens (including phenoxy) is 2. The van der Waals surface area contributed by atoms with Crippen LogP contribution in [-0.2, 0) is 4.74 Å². The molecule has 0 saturated heterocycles. The highest BCUT2D eigenvalue weighted by molar-refractivity contribution is 9.10. The number of carbonyl (C=O) groups excluding carboxylic acids is 1. The van der Waals surface area contributed by atoms with Gasteiger partial charge in [-0.2, -0.15) is 0 Å². The molecule has 76 valence electrons. The summed E-state index contributed by atoms with van der Waals surface area (Å²) in [5, 5.41) is 0. The zero-order valence-corrected chi connectivity index (χ0v) is 9.63. The number of methoxy groups -OCH3 is 1. The van der Waals surface area contributed by atoms with Crippen LogP contribution in [0.1, 0.15) is 15.9 Å². The molecule has 14 heavy (non-hydrogen) atoms. The number of aryl methyl sites for hydroxylation is 1. The second-order valence-corrected chi connectivity index (χ2v) is 3.63. The Bertz CT molecular complexity index is 336. The normalized spacial score (nSPS) is 9.93. The molecular weight excluding hydrogens is 248 g/mol. The predicted molar refractivity (Wildman–Crippen MR) is 56.8 cm³/mol. The number of rotatable bonds is 4. The van der Waals surface area contributed by atoms with Crippen molar-refractivity contribution in [3.63, 3.8) is 0 Å². The highest BCUT2D eigenvalue weighted by Crippen LogP contribution is 2.29. The van der Waals surface area contributed by atoms with Gasteiger partial charge in [0.05, 0.1) is 4.47 Å². The van der Waals surface area contributed by atoms with Gasteiger partial charge >= 0.3 is 0 Å². The van der Waals surface area contributed by atoms with Gasteiger partial charge in [-0.25, -0.2) is 0 Å². The molecule has 1 aromatic carbocycles. The summed E-state index contributed by atoms with van der Waals surface area (Å²) in [4.78, 5) is 10.7. The summed E-state index contributed by atoms with van der Waals surface area (Å²) >= 11 is 3.29. The van der Waals surface area contributed by atoms with E-state index in [1.165, 1.54) is 0 Å². The molecule has 1 rings (SSSR count). The fraction of sp³-hybridized carbons (Fsp3) is 0.300. The van der Waals surface area contributed by atoms with Crippen molar-refractivity contribution in [3.05, 3.63) is 27.7 Å². The molecule has 0 heterocycles. The summed E-state index contributed by atoms with van der Waals surface area (Å²) < 4.78 is 10.7. The molecule has 0 aliphatic rings. The van der Waals surface area contributed by atoms with E-state index in [1.54, 1.807) is 13.2 Å². The molecule has 0 aliphatic carbocycles. The molecule has 0 aromatic heterocycles. The maximum atomic E-state index is 10.7. The third-order valence-corrected chi connectivity index (χ3v) is 2.52. The molecule has 0 fully saturated rings. The number of hydrogen-bond acceptors (Lipinski definition) is 3. The Balaban J connectivity index is 3.02. The van der Waals surface area contributed by atoms with Crippen molar-refractivity contribution in [2.45, 2.75) is 6.92 Å².